The van der Waals surface area contributed by atoms with Gasteiger partial charge in [0.2, 0.25) is 5.88 Å². The van der Waals surface area contributed by atoms with E-state index in [0.29, 0.717) is 5.88 Å². The van der Waals surface area contributed by atoms with Crippen LogP contribution in [0.4, 0.5) is 5.69 Å². The number of fused-ring (bicyclic) bond motifs is 2. The van der Waals surface area contributed by atoms with Crippen molar-refractivity contribution < 1.29 is 4.74 Å². The maximum absolute atomic E-state index is 5.40. The first-order valence-corrected chi connectivity index (χ1v) is 9.61. The van der Waals surface area contributed by atoms with Crippen molar-refractivity contribution in [1.29, 1.82) is 0 Å². The lowest BCUT2D eigenvalue weighted by Crippen LogP contribution is -2.46. The number of hydrogen-bond donors (Lipinski definition) is 0. The predicted molar refractivity (Wildman–Crippen MR) is 104 cm³/mol. The molecule has 27 heavy (non-hydrogen) atoms. The number of benzene rings is 1. The molecule has 7 heteroatoms. The zero-order chi connectivity index (χ0) is 18.2. The van der Waals surface area contributed by atoms with Gasteiger partial charge in [0.15, 0.2) is 0 Å². The molecule has 0 radical (unpaired) electrons. The topological polar surface area (TPSA) is 59.3 Å². The fourth-order valence-electron chi connectivity index (χ4n) is 4.25. The average molecular weight is 364 g/mol. The van der Waals surface area contributed by atoms with Gasteiger partial charge < -0.3 is 9.64 Å². The first-order valence-electron chi connectivity index (χ1n) is 9.61. The molecule has 0 saturated carbocycles. The van der Waals surface area contributed by atoms with Crippen LogP contribution in [0.25, 0.3) is 10.9 Å². The summed E-state index contributed by atoms with van der Waals surface area (Å²) in [6, 6.07) is 6.35. The van der Waals surface area contributed by atoms with Gasteiger partial charge >= 0.3 is 0 Å². The van der Waals surface area contributed by atoms with Gasteiger partial charge in [0.25, 0.3) is 0 Å². The third-order valence-corrected chi connectivity index (χ3v) is 5.73. The highest BCUT2D eigenvalue weighted by molar-refractivity contribution is 5.86. The SMILES string of the molecule is COc1ncnc2ccc(N3CCN(Cc4cnn5c4CCC5)CC3)cc12. The molecule has 0 aliphatic carbocycles. The molecule has 4 heterocycles. The van der Waals surface area contributed by atoms with E-state index in [1.165, 1.54) is 29.8 Å². The van der Waals surface area contributed by atoms with Crippen LogP contribution in [-0.2, 0) is 19.5 Å². The van der Waals surface area contributed by atoms with Gasteiger partial charge in [-0.05, 0) is 31.0 Å². The molecule has 3 aromatic rings. The molecule has 2 aliphatic heterocycles. The number of methoxy groups -OCH3 is 1. The monoisotopic (exact) mass is 364 g/mol. The highest BCUT2D eigenvalue weighted by Gasteiger charge is 2.22. The van der Waals surface area contributed by atoms with Crippen LogP contribution in [0.3, 0.4) is 0 Å². The fourth-order valence-corrected chi connectivity index (χ4v) is 4.25. The Labute approximate surface area is 158 Å². The molecule has 140 valence electrons. The maximum Gasteiger partial charge on any atom is 0.224 e. The summed E-state index contributed by atoms with van der Waals surface area (Å²) < 4.78 is 7.57. The van der Waals surface area contributed by atoms with Gasteiger partial charge in [0.05, 0.1) is 24.2 Å². The Balaban J connectivity index is 1.28. The number of aryl methyl sites for hydroxylation is 1. The second kappa shape index (κ2) is 6.81. The van der Waals surface area contributed by atoms with E-state index in [9.17, 15) is 0 Å². The van der Waals surface area contributed by atoms with E-state index < -0.39 is 0 Å². The standard InChI is InChI=1S/C20H24N6O/c1-27-20-17-11-16(4-5-18(17)21-14-22-20)25-9-7-24(8-10-25)13-15-12-23-26-6-2-3-19(15)26/h4-5,11-12,14H,2-3,6-10,13H2,1H3. The number of aromatic nitrogens is 4. The molecular formula is C20H24N6O. The Morgan fingerprint density at radius 3 is 2.81 bits per heavy atom. The van der Waals surface area contributed by atoms with Crippen molar-refractivity contribution in [3.8, 4) is 5.88 Å². The molecule has 0 atom stereocenters. The van der Waals surface area contributed by atoms with E-state index in [2.05, 4.69) is 53.9 Å². The van der Waals surface area contributed by atoms with Crippen molar-refractivity contribution in [2.24, 2.45) is 0 Å². The number of ether oxygens (including phenoxy) is 1. The zero-order valence-corrected chi connectivity index (χ0v) is 15.6. The molecule has 1 fully saturated rings. The minimum absolute atomic E-state index is 0.635. The quantitative estimate of drug-likeness (QED) is 0.707. The van der Waals surface area contributed by atoms with Crippen LogP contribution in [0.1, 0.15) is 17.7 Å². The Bertz CT molecular complexity index is 960. The van der Waals surface area contributed by atoms with Gasteiger partial charge in [-0.25, -0.2) is 9.97 Å². The van der Waals surface area contributed by atoms with Gasteiger partial charge in [-0.3, -0.25) is 9.58 Å². The lowest BCUT2D eigenvalue weighted by Gasteiger charge is -2.36. The first kappa shape index (κ1) is 16.5. The average Bonchev–Trinajstić information content (AvgIpc) is 3.33. The van der Waals surface area contributed by atoms with Crippen LogP contribution in [0, 0.1) is 0 Å². The molecule has 5 rings (SSSR count). The van der Waals surface area contributed by atoms with Crippen LogP contribution < -0.4 is 9.64 Å². The molecule has 1 saturated heterocycles. The largest absolute Gasteiger partial charge is 0.480 e. The molecule has 0 unspecified atom stereocenters. The van der Waals surface area contributed by atoms with Gasteiger partial charge in [-0.1, -0.05) is 0 Å². The van der Waals surface area contributed by atoms with Crippen LogP contribution in [0.5, 0.6) is 5.88 Å². The number of rotatable bonds is 4. The Morgan fingerprint density at radius 1 is 1.07 bits per heavy atom. The van der Waals surface area contributed by atoms with Gasteiger partial charge in [-0.2, -0.15) is 5.10 Å². The van der Waals surface area contributed by atoms with Crippen LogP contribution in [-0.4, -0.2) is 57.9 Å². The van der Waals surface area contributed by atoms with Crippen molar-refractivity contribution in [2.75, 3.05) is 38.2 Å². The lowest BCUT2D eigenvalue weighted by molar-refractivity contribution is 0.249. The summed E-state index contributed by atoms with van der Waals surface area (Å²) in [5, 5.41) is 5.49. The number of piperazine rings is 1. The second-order valence-corrected chi connectivity index (χ2v) is 7.29. The summed E-state index contributed by atoms with van der Waals surface area (Å²) >= 11 is 0. The van der Waals surface area contributed by atoms with E-state index in [1.807, 2.05) is 0 Å². The molecular weight excluding hydrogens is 340 g/mol. The minimum atomic E-state index is 0.635. The van der Waals surface area contributed by atoms with Crippen LogP contribution in [0.15, 0.2) is 30.7 Å². The Hall–Kier alpha value is -2.67. The van der Waals surface area contributed by atoms with Gasteiger partial charge in [-0.15, -0.1) is 0 Å². The van der Waals surface area contributed by atoms with Gasteiger partial charge in [0, 0.05) is 56.2 Å². The summed E-state index contributed by atoms with van der Waals surface area (Å²) in [4.78, 5) is 13.5. The van der Waals surface area contributed by atoms with E-state index in [-0.39, 0.29) is 0 Å². The lowest BCUT2D eigenvalue weighted by atomic mass is 10.1. The molecule has 7 nitrogen and oxygen atoms in total. The molecule has 2 aliphatic rings. The molecule has 0 spiro atoms. The number of hydrogen-bond acceptors (Lipinski definition) is 6. The number of anilines is 1. The summed E-state index contributed by atoms with van der Waals surface area (Å²) in [7, 11) is 1.65. The third kappa shape index (κ3) is 3.02. The minimum Gasteiger partial charge on any atom is -0.480 e. The normalized spacial score (nSPS) is 17.4. The highest BCUT2D eigenvalue weighted by atomic mass is 16.5. The summed E-state index contributed by atoms with van der Waals surface area (Å²) in [5.74, 6) is 0.635. The molecule has 0 bridgehead atoms. The van der Waals surface area contributed by atoms with Crippen molar-refractivity contribution >= 4 is 16.6 Å². The molecule has 1 aromatic carbocycles. The van der Waals surface area contributed by atoms with Crippen LogP contribution >= 0.6 is 0 Å². The van der Waals surface area contributed by atoms with Crippen molar-refractivity contribution in [2.45, 2.75) is 25.9 Å². The van der Waals surface area contributed by atoms with Crippen molar-refractivity contribution in [3.05, 3.63) is 42.0 Å². The number of nitrogens with zero attached hydrogens (tertiary/aromatic N) is 6. The smallest absolute Gasteiger partial charge is 0.224 e. The van der Waals surface area contributed by atoms with E-state index in [4.69, 9.17) is 4.74 Å². The Kier molecular flexibility index (Phi) is 4.16. The van der Waals surface area contributed by atoms with E-state index in [0.717, 1.165) is 50.2 Å². The third-order valence-electron chi connectivity index (χ3n) is 5.73. The summed E-state index contributed by atoms with van der Waals surface area (Å²) in [6.07, 6.45) is 6.03. The maximum atomic E-state index is 5.40. The van der Waals surface area contributed by atoms with E-state index >= 15 is 0 Å². The highest BCUT2D eigenvalue weighted by Crippen LogP contribution is 2.27. The molecule has 2 aromatic heterocycles. The van der Waals surface area contributed by atoms with Gasteiger partial charge in [0.1, 0.15) is 6.33 Å². The van der Waals surface area contributed by atoms with Crippen molar-refractivity contribution in [3.63, 3.8) is 0 Å². The van der Waals surface area contributed by atoms with Crippen LogP contribution in [0.2, 0.25) is 0 Å². The fraction of sp³-hybridized carbons (Fsp3) is 0.450. The van der Waals surface area contributed by atoms with E-state index in [1.54, 1.807) is 13.4 Å². The summed E-state index contributed by atoms with van der Waals surface area (Å²) in [6.45, 7) is 6.26. The molecule has 0 N–H and O–H groups in total. The zero-order valence-electron chi connectivity index (χ0n) is 15.6. The second-order valence-electron chi connectivity index (χ2n) is 7.29. The molecule has 0 amide bonds. The Morgan fingerprint density at radius 2 is 1.96 bits per heavy atom. The van der Waals surface area contributed by atoms with Crippen molar-refractivity contribution in [1.82, 2.24) is 24.6 Å². The first-order chi connectivity index (χ1) is 13.3. The predicted octanol–water partition coefficient (Wildman–Crippen LogP) is 2.10. The summed E-state index contributed by atoms with van der Waals surface area (Å²) in [5.41, 5.74) is 4.98.